The van der Waals surface area contributed by atoms with Crippen molar-refractivity contribution in [1.82, 2.24) is 10.3 Å². The van der Waals surface area contributed by atoms with Crippen LogP contribution in [0.25, 0.3) is 17.0 Å². The van der Waals surface area contributed by atoms with E-state index in [1.165, 1.54) is 0 Å². The second-order valence-electron chi connectivity index (χ2n) is 8.58. The van der Waals surface area contributed by atoms with Gasteiger partial charge in [0.05, 0.1) is 11.1 Å². The molecule has 2 N–H and O–H groups in total. The number of fused-ring (bicyclic) bond motifs is 1. The van der Waals surface area contributed by atoms with Gasteiger partial charge >= 0.3 is 0 Å². The molecule has 0 radical (unpaired) electrons. The number of aromatic nitrogens is 1. The summed E-state index contributed by atoms with van der Waals surface area (Å²) in [6.07, 6.45) is 4.16. The minimum Gasteiger partial charge on any atom is -0.490 e. The third-order valence-electron chi connectivity index (χ3n) is 5.83. The van der Waals surface area contributed by atoms with Crippen molar-refractivity contribution in [3.8, 4) is 17.6 Å². The highest BCUT2D eigenvalue weighted by atomic mass is 79.9. The number of halogens is 1. The van der Waals surface area contributed by atoms with E-state index < -0.39 is 5.91 Å². The Balaban J connectivity index is 1.46. The Morgan fingerprint density at radius 1 is 1.14 bits per heavy atom. The lowest BCUT2D eigenvalue weighted by molar-refractivity contribution is -0.117. The van der Waals surface area contributed by atoms with Crippen LogP contribution in [0.4, 0.5) is 0 Å². The highest BCUT2D eigenvalue weighted by Crippen LogP contribution is 2.38. The predicted octanol–water partition coefficient (Wildman–Crippen LogP) is 6.48. The molecule has 1 amide bonds. The number of rotatable bonds is 10. The summed E-state index contributed by atoms with van der Waals surface area (Å²) in [5.74, 6) is 0.686. The average Bonchev–Trinajstić information content (AvgIpc) is 3.30. The maximum absolute atomic E-state index is 12.7. The largest absolute Gasteiger partial charge is 0.490 e. The number of carbonyl (C=O) groups excluding carboxylic acids is 1. The summed E-state index contributed by atoms with van der Waals surface area (Å²) < 4.78 is 12.6. The van der Waals surface area contributed by atoms with E-state index in [9.17, 15) is 10.1 Å². The van der Waals surface area contributed by atoms with E-state index in [1.807, 2.05) is 74.6 Å². The van der Waals surface area contributed by atoms with Crippen LogP contribution in [0.5, 0.6) is 11.5 Å². The van der Waals surface area contributed by atoms with Gasteiger partial charge < -0.3 is 19.8 Å². The highest BCUT2D eigenvalue weighted by molar-refractivity contribution is 9.10. The zero-order valence-electron chi connectivity index (χ0n) is 20.8. The number of para-hydroxylation sites is 1. The summed E-state index contributed by atoms with van der Waals surface area (Å²) in [5.41, 5.74) is 5.06. The zero-order chi connectivity index (χ0) is 26.2. The van der Waals surface area contributed by atoms with Gasteiger partial charge in [-0.3, -0.25) is 4.79 Å². The number of hydrogen-bond donors (Lipinski definition) is 2. The van der Waals surface area contributed by atoms with Crippen LogP contribution in [0.2, 0.25) is 0 Å². The molecule has 7 heteroatoms. The molecule has 3 aromatic carbocycles. The number of nitriles is 1. The fourth-order valence-electron chi connectivity index (χ4n) is 4.09. The van der Waals surface area contributed by atoms with Crippen LogP contribution in [0, 0.1) is 18.3 Å². The lowest BCUT2D eigenvalue weighted by Gasteiger charge is -2.15. The fourth-order valence-corrected chi connectivity index (χ4v) is 4.67. The molecule has 6 nitrogen and oxygen atoms in total. The van der Waals surface area contributed by atoms with E-state index in [4.69, 9.17) is 9.47 Å². The molecule has 0 aliphatic heterocycles. The molecular formula is C30H28BrN3O3. The van der Waals surface area contributed by atoms with Crippen molar-refractivity contribution in [2.24, 2.45) is 0 Å². The van der Waals surface area contributed by atoms with Crippen molar-refractivity contribution in [3.63, 3.8) is 0 Å². The molecule has 0 saturated heterocycles. The van der Waals surface area contributed by atoms with Gasteiger partial charge in [0.25, 0.3) is 5.91 Å². The molecule has 37 heavy (non-hydrogen) atoms. The molecule has 1 heterocycles. The molecule has 4 rings (SSSR count). The molecule has 0 bridgehead atoms. The van der Waals surface area contributed by atoms with Gasteiger partial charge in [-0.1, -0.05) is 48.0 Å². The third-order valence-corrected chi connectivity index (χ3v) is 6.42. The number of amides is 1. The molecule has 0 fully saturated rings. The Morgan fingerprint density at radius 3 is 2.76 bits per heavy atom. The lowest BCUT2D eigenvalue weighted by Crippen LogP contribution is -2.26. The van der Waals surface area contributed by atoms with E-state index >= 15 is 0 Å². The lowest BCUT2D eigenvalue weighted by atomic mass is 10.1. The van der Waals surface area contributed by atoms with Crippen LogP contribution in [-0.2, 0) is 17.8 Å². The first-order valence-corrected chi connectivity index (χ1v) is 12.9. The van der Waals surface area contributed by atoms with Gasteiger partial charge in [0, 0.05) is 23.6 Å². The van der Waals surface area contributed by atoms with Crippen LogP contribution < -0.4 is 14.8 Å². The number of aromatic amines is 1. The molecular weight excluding hydrogens is 530 g/mol. The Labute approximate surface area is 225 Å². The Morgan fingerprint density at radius 2 is 1.97 bits per heavy atom. The summed E-state index contributed by atoms with van der Waals surface area (Å²) in [6, 6.07) is 21.7. The Hall–Kier alpha value is -4.02. The van der Waals surface area contributed by atoms with Gasteiger partial charge in [0.2, 0.25) is 0 Å². The summed E-state index contributed by atoms with van der Waals surface area (Å²) in [7, 11) is 0. The first-order chi connectivity index (χ1) is 18.0. The maximum atomic E-state index is 12.7. The third kappa shape index (κ3) is 6.60. The van der Waals surface area contributed by atoms with Crippen molar-refractivity contribution in [2.75, 3.05) is 13.2 Å². The first kappa shape index (κ1) is 26.1. The van der Waals surface area contributed by atoms with E-state index in [2.05, 4.69) is 32.3 Å². The molecule has 0 aliphatic rings. The number of carbonyl (C=O) groups is 1. The van der Waals surface area contributed by atoms with E-state index in [-0.39, 0.29) is 5.57 Å². The van der Waals surface area contributed by atoms with Crippen molar-refractivity contribution in [3.05, 3.63) is 99.2 Å². The molecule has 0 aliphatic carbocycles. The maximum Gasteiger partial charge on any atom is 0.261 e. The number of nitrogens with zero attached hydrogens (tertiary/aromatic N) is 1. The Kier molecular flexibility index (Phi) is 8.65. The number of aryl methyl sites for hydroxylation is 1. The van der Waals surface area contributed by atoms with Gasteiger partial charge in [-0.15, -0.1) is 0 Å². The summed E-state index contributed by atoms with van der Waals surface area (Å²) in [5, 5.41) is 13.6. The molecule has 4 aromatic rings. The van der Waals surface area contributed by atoms with Gasteiger partial charge in [-0.25, -0.2) is 0 Å². The number of nitrogens with one attached hydrogen (secondary N) is 2. The van der Waals surface area contributed by atoms with Crippen LogP contribution in [0.15, 0.2) is 76.9 Å². The normalized spacial score (nSPS) is 11.2. The predicted molar refractivity (Wildman–Crippen MR) is 149 cm³/mol. The topological polar surface area (TPSA) is 87.1 Å². The molecule has 188 valence electrons. The number of H-pyrrole nitrogens is 1. The van der Waals surface area contributed by atoms with Gasteiger partial charge in [0.15, 0.2) is 11.5 Å². The summed E-state index contributed by atoms with van der Waals surface area (Å²) >= 11 is 3.57. The minimum absolute atomic E-state index is 0.0155. The smallest absolute Gasteiger partial charge is 0.261 e. The molecule has 0 atom stereocenters. The number of hydrogen-bond acceptors (Lipinski definition) is 4. The van der Waals surface area contributed by atoms with E-state index in [1.54, 1.807) is 12.1 Å². The zero-order valence-corrected chi connectivity index (χ0v) is 22.4. The van der Waals surface area contributed by atoms with Crippen LogP contribution in [-0.4, -0.2) is 24.0 Å². The quantitative estimate of drug-likeness (QED) is 0.172. The van der Waals surface area contributed by atoms with Crippen LogP contribution in [0.3, 0.4) is 0 Å². The molecule has 0 spiro atoms. The van der Waals surface area contributed by atoms with Crippen molar-refractivity contribution >= 4 is 38.8 Å². The summed E-state index contributed by atoms with van der Waals surface area (Å²) in [6.45, 7) is 5.18. The number of ether oxygens (including phenoxy) is 2. The highest BCUT2D eigenvalue weighted by Gasteiger charge is 2.15. The van der Waals surface area contributed by atoms with Crippen molar-refractivity contribution in [1.29, 1.82) is 5.26 Å². The van der Waals surface area contributed by atoms with E-state index in [0.717, 1.165) is 27.6 Å². The molecule has 0 unspecified atom stereocenters. The first-order valence-electron chi connectivity index (χ1n) is 12.1. The van der Waals surface area contributed by atoms with Crippen molar-refractivity contribution < 1.29 is 14.3 Å². The Bertz CT molecular complexity index is 1480. The van der Waals surface area contributed by atoms with Gasteiger partial charge in [-0.2, -0.15) is 5.26 Å². The second-order valence-corrected chi connectivity index (χ2v) is 9.43. The SMILES string of the molecule is CCOc1cc(/C=C(/C#N)C(=O)NCCc2c[nH]c3ccccc23)cc(Br)c1OCc1cccc(C)c1. The standard InChI is InChI=1S/C30H28BrN3O3/c1-3-36-28-16-22(15-26(31)29(28)37-19-21-8-6-7-20(2)13-21)14-24(17-32)30(35)33-12-11-23-18-34-27-10-5-4-9-25(23)27/h4-10,13-16,18,34H,3,11-12,19H2,1-2H3,(H,33,35)/b24-14-. The monoisotopic (exact) mass is 557 g/mol. The summed E-state index contributed by atoms with van der Waals surface area (Å²) in [4.78, 5) is 16.0. The van der Waals surface area contributed by atoms with Crippen molar-refractivity contribution in [2.45, 2.75) is 26.9 Å². The minimum atomic E-state index is -0.420. The molecule has 1 aromatic heterocycles. The molecule has 0 saturated carbocycles. The van der Waals surface area contributed by atoms with Gasteiger partial charge in [0.1, 0.15) is 18.2 Å². The van der Waals surface area contributed by atoms with Crippen LogP contribution >= 0.6 is 15.9 Å². The fraction of sp³-hybridized carbons (Fsp3) is 0.200. The average molecular weight is 558 g/mol. The number of benzene rings is 3. The van der Waals surface area contributed by atoms with Crippen LogP contribution in [0.1, 0.15) is 29.2 Å². The second kappa shape index (κ2) is 12.3. The van der Waals surface area contributed by atoms with E-state index in [0.29, 0.717) is 47.7 Å². The van der Waals surface area contributed by atoms with Gasteiger partial charge in [-0.05, 0) is 77.2 Å².